The smallest absolute Gasteiger partial charge is 0.335 e. The molecule has 0 aliphatic carbocycles. The quantitative estimate of drug-likeness (QED) is 0.819. The molecule has 1 aromatic carbocycles. The van der Waals surface area contributed by atoms with Gasteiger partial charge in [0, 0.05) is 10.2 Å². The Morgan fingerprint density at radius 2 is 2.05 bits per heavy atom. The number of nitrogens with one attached hydrogen (secondary N) is 1. The summed E-state index contributed by atoms with van der Waals surface area (Å²) in [6.07, 6.45) is 0. The Labute approximate surface area is 123 Å². The van der Waals surface area contributed by atoms with Crippen molar-refractivity contribution in [2.75, 3.05) is 5.32 Å². The molecule has 2 rings (SSSR count). The van der Waals surface area contributed by atoms with Gasteiger partial charge in [-0.1, -0.05) is 27.5 Å². The maximum atomic E-state index is 10.9. The molecule has 0 radical (unpaired) electrons. The summed E-state index contributed by atoms with van der Waals surface area (Å²) in [4.78, 5) is 15.0. The molecule has 2 aromatic rings. The number of carboxylic acids is 1. The van der Waals surface area contributed by atoms with Crippen molar-refractivity contribution in [3.63, 3.8) is 0 Å². The fourth-order valence-electron chi connectivity index (χ4n) is 1.64. The highest BCUT2D eigenvalue weighted by atomic mass is 79.9. The number of hydrogen-bond acceptors (Lipinski definition) is 3. The summed E-state index contributed by atoms with van der Waals surface area (Å²) in [6.45, 7) is 1.96. The minimum Gasteiger partial charge on any atom is -0.478 e. The van der Waals surface area contributed by atoms with E-state index in [0.717, 1.165) is 15.7 Å². The molecule has 0 amide bonds. The van der Waals surface area contributed by atoms with Gasteiger partial charge in [-0.3, -0.25) is 0 Å². The number of hydrogen-bond donors (Lipinski definition) is 2. The van der Waals surface area contributed by atoms with Gasteiger partial charge in [0.1, 0.15) is 11.0 Å². The number of carbonyl (C=O) groups is 1. The van der Waals surface area contributed by atoms with E-state index in [0.29, 0.717) is 5.82 Å². The van der Waals surface area contributed by atoms with Gasteiger partial charge in [-0.25, -0.2) is 9.78 Å². The molecule has 1 heterocycles. The van der Waals surface area contributed by atoms with Crippen molar-refractivity contribution in [2.24, 2.45) is 0 Å². The summed E-state index contributed by atoms with van der Waals surface area (Å²) in [7, 11) is 0. The van der Waals surface area contributed by atoms with E-state index in [4.69, 9.17) is 16.7 Å². The molecule has 19 heavy (non-hydrogen) atoms. The number of pyridine rings is 1. The van der Waals surface area contributed by atoms with E-state index in [1.165, 1.54) is 12.1 Å². The summed E-state index contributed by atoms with van der Waals surface area (Å²) in [5.74, 6) is -0.653. The lowest BCUT2D eigenvalue weighted by Gasteiger charge is -2.08. The average molecular weight is 342 g/mol. The number of aryl methyl sites for hydroxylation is 1. The van der Waals surface area contributed by atoms with Crippen molar-refractivity contribution in [1.82, 2.24) is 4.98 Å². The van der Waals surface area contributed by atoms with E-state index in [9.17, 15) is 4.79 Å². The molecule has 4 nitrogen and oxygen atoms in total. The maximum Gasteiger partial charge on any atom is 0.335 e. The van der Waals surface area contributed by atoms with Crippen LogP contribution in [-0.2, 0) is 0 Å². The van der Waals surface area contributed by atoms with Gasteiger partial charge in [0.05, 0.1) is 5.56 Å². The zero-order valence-corrected chi connectivity index (χ0v) is 12.3. The Kier molecular flexibility index (Phi) is 4.07. The molecule has 0 saturated heterocycles. The van der Waals surface area contributed by atoms with Gasteiger partial charge in [-0.15, -0.1) is 0 Å². The number of nitrogens with zero attached hydrogens (tertiary/aromatic N) is 1. The Morgan fingerprint density at radius 1 is 1.32 bits per heavy atom. The molecule has 2 N–H and O–H groups in total. The molecule has 0 unspecified atom stereocenters. The molecular weight excluding hydrogens is 332 g/mol. The molecule has 0 spiro atoms. The van der Waals surface area contributed by atoms with Crippen molar-refractivity contribution in [2.45, 2.75) is 6.92 Å². The summed E-state index contributed by atoms with van der Waals surface area (Å²) in [5.41, 5.74) is 1.96. The first-order chi connectivity index (χ1) is 8.94. The molecule has 0 fully saturated rings. The second kappa shape index (κ2) is 5.59. The van der Waals surface area contributed by atoms with Crippen LogP contribution < -0.4 is 5.32 Å². The van der Waals surface area contributed by atoms with Crippen LogP contribution in [0.2, 0.25) is 5.15 Å². The van der Waals surface area contributed by atoms with E-state index in [-0.39, 0.29) is 10.7 Å². The largest absolute Gasteiger partial charge is 0.478 e. The number of aromatic nitrogens is 1. The first kappa shape index (κ1) is 13.8. The number of carboxylic acid groups (broad SMARTS) is 1. The van der Waals surface area contributed by atoms with Crippen LogP contribution in [0.25, 0.3) is 0 Å². The van der Waals surface area contributed by atoms with Crippen LogP contribution in [0.4, 0.5) is 11.5 Å². The van der Waals surface area contributed by atoms with Crippen molar-refractivity contribution < 1.29 is 9.90 Å². The van der Waals surface area contributed by atoms with Crippen LogP contribution >= 0.6 is 27.5 Å². The molecule has 0 bridgehead atoms. The third-order valence-electron chi connectivity index (χ3n) is 2.36. The number of benzene rings is 1. The van der Waals surface area contributed by atoms with E-state index < -0.39 is 5.97 Å². The molecule has 0 aliphatic rings. The Morgan fingerprint density at radius 3 is 2.68 bits per heavy atom. The van der Waals surface area contributed by atoms with E-state index in [2.05, 4.69) is 26.2 Å². The fraction of sp³-hybridized carbons (Fsp3) is 0.0769. The number of anilines is 2. The summed E-state index contributed by atoms with van der Waals surface area (Å²) in [5, 5.41) is 12.1. The third kappa shape index (κ3) is 3.68. The standard InChI is InChI=1S/C13H10BrClN2O2/c1-7-2-9(14)6-10(3-7)16-12-5-8(13(18)19)4-11(15)17-12/h2-6H,1H3,(H,16,17)(H,18,19). The van der Waals surface area contributed by atoms with Crippen molar-refractivity contribution in [3.8, 4) is 0 Å². The lowest BCUT2D eigenvalue weighted by atomic mass is 10.2. The van der Waals surface area contributed by atoms with Crippen LogP contribution in [-0.4, -0.2) is 16.1 Å². The molecule has 0 atom stereocenters. The Hall–Kier alpha value is -1.59. The van der Waals surface area contributed by atoms with Crippen molar-refractivity contribution in [3.05, 3.63) is 51.1 Å². The fourth-order valence-corrected chi connectivity index (χ4v) is 2.46. The lowest BCUT2D eigenvalue weighted by molar-refractivity contribution is 0.0697. The second-order valence-electron chi connectivity index (χ2n) is 4.01. The predicted molar refractivity (Wildman–Crippen MR) is 78.4 cm³/mol. The van der Waals surface area contributed by atoms with Gasteiger partial charge < -0.3 is 10.4 Å². The van der Waals surface area contributed by atoms with Gasteiger partial charge in [-0.05, 0) is 42.8 Å². The Bertz CT molecular complexity index is 626. The van der Waals surface area contributed by atoms with Gasteiger partial charge >= 0.3 is 5.97 Å². The van der Waals surface area contributed by atoms with E-state index >= 15 is 0 Å². The van der Waals surface area contributed by atoms with E-state index in [1.54, 1.807) is 0 Å². The molecule has 0 aliphatic heterocycles. The first-order valence-corrected chi connectivity index (χ1v) is 6.56. The van der Waals surface area contributed by atoms with Crippen molar-refractivity contribution in [1.29, 1.82) is 0 Å². The predicted octanol–water partition coefficient (Wildman–Crippen LogP) is 4.25. The zero-order valence-electron chi connectivity index (χ0n) is 9.95. The normalized spacial score (nSPS) is 10.3. The summed E-state index contributed by atoms with van der Waals surface area (Å²) in [6, 6.07) is 8.51. The highest BCUT2D eigenvalue weighted by Crippen LogP contribution is 2.23. The van der Waals surface area contributed by atoms with Crippen LogP contribution in [0, 0.1) is 6.92 Å². The number of aromatic carboxylic acids is 1. The van der Waals surface area contributed by atoms with Crippen LogP contribution in [0.1, 0.15) is 15.9 Å². The first-order valence-electron chi connectivity index (χ1n) is 5.39. The third-order valence-corrected chi connectivity index (χ3v) is 3.01. The molecule has 0 saturated carbocycles. The average Bonchev–Trinajstić information content (AvgIpc) is 2.26. The summed E-state index contributed by atoms with van der Waals surface area (Å²) < 4.78 is 0.926. The summed E-state index contributed by atoms with van der Waals surface area (Å²) >= 11 is 9.20. The number of halogens is 2. The van der Waals surface area contributed by atoms with Gasteiger partial charge in [0.25, 0.3) is 0 Å². The minimum absolute atomic E-state index is 0.0919. The zero-order chi connectivity index (χ0) is 14.0. The molecule has 98 valence electrons. The van der Waals surface area contributed by atoms with Gasteiger partial charge in [0.15, 0.2) is 0 Å². The highest BCUT2D eigenvalue weighted by Gasteiger charge is 2.08. The van der Waals surface area contributed by atoms with Crippen molar-refractivity contribution >= 4 is 45.0 Å². The molecular formula is C13H10BrClN2O2. The lowest BCUT2D eigenvalue weighted by Crippen LogP contribution is -2.01. The van der Waals surface area contributed by atoms with E-state index in [1.807, 2.05) is 25.1 Å². The Balaban J connectivity index is 2.35. The monoisotopic (exact) mass is 340 g/mol. The maximum absolute atomic E-state index is 10.9. The van der Waals surface area contributed by atoms with Gasteiger partial charge in [0.2, 0.25) is 0 Å². The number of rotatable bonds is 3. The molecule has 1 aromatic heterocycles. The second-order valence-corrected chi connectivity index (χ2v) is 5.31. The highest BCUT2D eigenvalue weighted by molar-refractivity contribution is 9.10. The van der Waals surface area contributed by atoms with Crippen LogP contribution in [0.3, 0.4) is 0 Å². The van der Waals surface area contributed by atoms with Gasteiger partial charge in [-0.2, -0.15) is 0 Å². The van der Waals surface area contributed by atoms with Crippen LogP contribution in [0.15, 0.2) is 34.8 Å². The van der Waals surface area contributed by atoms with Crippen LogP contribution in [0.5, 0.6) is 0 Å². The topological polar surface area (TPSA) is 62.2 Å². The SMILES string of the molecule is Cc1cc(Br)cc(Nc2cc(C(=O)O)cc(Cl)n2)c1. The minimum atomic E-state index is -1.04. The molecule has 6 heteroatoms.